The van der Waals surface area contributed by atoms with Crippen molar-refractivity contribution < 1.29 is 14.3 Å². The van der Waals surface area contributed by atoms with E-state index in [0.717, 1.165) is 37.0 Å². The normalized spacial score (nSPS) is 15.0. The van der Waals surface area contributed by atoms with Crippen LogP contribution in [0.4, 0.5) is 10.8 Å². The van der Waals surface area contributed by atoms with Crippen LogP contribution in [0.5, 0.6) is 11.5 Å². The molecule has 7 nitrogen and oxygen atoms in total. The van der Waals surface area contributed by atoms with Crippen LogP contribution in [0.1, 0.15) is 5.69 Å². The number of carbonyl (C=O) groups excluding carboxylic acids is 1. The first-order valence-electron chi connectivity index (χ1n) is 8.50. The van der Waals surface area contributed by atoms with Gasteiger partial charge in [-0.25, -0.2) is 4.98 Å². The van der Waals surface area contributed by atoms with Crippen LogP contribution >= 0.6 is 11.3 Å². The van der Waals surface area contributed by atoms with Crippen molar-refractivity contribution in [3.63, 3.8) is 0 Å². The third-order valence-electron chi connectivity index (χ3n) is 4.28. The van der Waals surface area contributed by atoms with Crippen molar-refractivity contribution in [3.8, 4) is 11.5 Å². The van der Waals surface area contributed by atoms with E-state index in [1.54, 1.807) is 37.7 Å². The van der Waals surface area contributed by atoms with E-state index in [2.05, 4.69) is 25.5 Å². The van der Waals surface area contributed by atoms with Crippen LogP contribution in [-0.2, 0) is 4.79 Å². The Hall–Kier alpha value is -2.32. The lowest BCUT2D eigenvalue weighted by Crippen LogP contribution is -2.48. The van der Waals surface area contributed by atoms with Crippen molar-refractivity contribution in [3.05, 3.63) is 29.3 Å². The maximum atomic E-state index is 12.3. The van der Waals surface area contributed by atoms with Crippen LogP contribution in [0, 0.1) is 6.92 Å². The number of aromatic nitrogens is 1. The van der Waals surface area contributed by atoms with Crippen LogP contribution in [-0.4, -0.2) is 62.7 Å². The van der Waals surface area contributed by atoms with E-state index in [0.29, 0.717) is 23.7 Å². The average Bonchev–Trinajstić information content (AvgIpc) is 3.08. The number of benzene rings is 1. The van der Waals surface area contributed by atoms with Crippen LogP contribution in [0.25, 0.3) is 0 Å². The summed E-state index contributed by atoms with van der Waals surface area (Å²) in [6.07, 6.45) is 0. The van der Waals surface area contributed by atoms with E-state index in [9.17, 15) is 4.79 Å². The molecule has 1 N–H and O–H groups in total. The number of aryl methyl sites for hydroxylation is 1. The maximum Gasteiger partial charge on any atom is 0.238 e. The summed E-state index contributed by atoms with van der Waals surface area (Å²) in [4.78, 5) is 21.3. The zero-order valence-electron chi connectivity index (χ0n) is 15.3. The van der Waals surface area contributed by atoms with Gasteiger partial charge in [-0.15, -0.1) is 11.3 Å². The van der Waals surface area contributed by atoms with Gasteiger partial charge in [0.2, 0.25) is 5.91 Å². The molecule has 1 aromatic heterocycles. The van der Waals surface area contributed by atoms with Crippen molar-refractivity contribution in [1.29, 1.82) is 0 Å². The number of carbonyl (C=O) groups is 1. The molecule has 26 heavy (non-hydrogen) atoms. The van der Waals surface area contributed by atoms with Gasteiger partial charge in [0.15, 0.2) is 16.6 Å². The van der Waals surface area contributed by atoms with E-state index in [1.807, 2.05) is 13.0 Å². The second kappa shape index (κ2) is 8.37. The molecule has 1 fully saturated rings. The Bertz CT molecular complexity index is 757. The van der Waals surface area contributed by atoms with Crippen LogP contribution in [0.3, 0.4) is 0 Å². The molecule has 1 aromatic carbocycles. The highest BCUT2D eigenvalue weighted by Gasteiger charge is 2.21. The molecule has 0 spiro atoms. The summed E-state index contributed by atoms with van der Waals surface area (Å²) in [5, 5.41) is 6.06. The van der Waals surface area contributed by atoms with Gasteiger partial charge in [0, 0.05) is 43.3 Å². The SMILES string of the molecule is COc1ccc(NC(=O)CN2CCN(c3nc(C)cs3)CC2)cc1OC. The molecule has 0 unspecified atom stereocenters. The molecule has 1 aliphatic rings. The molecule has 0 atom stereocenters. The standard InChI is InChI=1S/C18H24N4O3S/c1-13-12-26-18(19-13)22-8-6-21(7-9-22)11-17(23)20-14-4-5-15(24-2)16(10-14)25-3/h4-5,10,12H,6-9,11H2,1-3H3,(H,20,23). The van der Waals surface area contributed by atoms with Gasteiger partial charge in [-0.1, -0.05) is 0 Å². The predicted molar refractivity (Wildman–Crippen MR) is 104 cm³/mol. The smallest absolute Gasteiger partial charge is 0.238 e. The van der Waals surface area contributed by atoms with Crippen molar-refractivity contribution >= 4 is 28.1 Å². The maximum absolute atomic E-state index is 12.3. The van der Waals surface area contributed by atoms with E-state index >= 15 is 0 Å². The lowest BCUT2D eigenvalue weighted by Gasteiger charge is -2.34. The molecule has 2 heterocycles. The summed E-state index contributed by atoms with van der Waals surface area (Å²) in [6, 6.07) is 5.35. The fourth-order valence-corrected chi connectivity index (χ4v) is 3.76. The minimum Gasteiger partial charge on any atom is -0.493 e. The minimum atomic E-state index is -0.0317. The molecule has 0 radical (unpaired) electrons. The number of hydrogen-bond acceptors (Lipinski definition) is 7. The number of ether oxygens (including phenoxy) is 2. The molecular weight excluding hydrogens is 352 g/mol. The summed E-state index contributed by atoms with van der Waals surface area (Å²) in [6.45, 7) is 5.84. The third kappa shape index (κ3) is 4.44. The van der Waals surface area contributed by atoms with Gasteiger partial charge in [-0.05, 0) is 19.1 Å². The largest absolute Gasteiger partial charge is 0.493 e. The van der Waals surface area contributed by atoms with Gasteiger partial charge in [0.05, 0.1) is 26.5 Å². The second-order valence-electron chi connectivity index (χ2n) is 6.15. The Morgan fingerprint density at radius 3 is 2.54 bits per heavy atom. The first-order chi connectivity index (χ1) is 12.6. The Balaban J connectivity index is 1.50. The topological polar surface area (TPSA) is 66.9 Å². The molecule has 1 saturated heterocycles. The van der Waals surface area contributed by atoms with Crippen LogP contribution in [0.15, 0.2) is 23.6 Å². The summed E-state index contributed by atoms with van der Waals surface area (Å²) in [7, 11) is 3.16. The first kappa shape index (κ1) is 18.5. The van der Waals surface area contributed by atoms with Gasteiger partial charge >= 0.3 is 0 Å². The van der Waals surface area contributed by atoms with Crippen molar-refractivity contribution in [1.82, 2.24) is 9.88 Å². The second-order valence-corrected chi connectivity index (χ2v) is 6.99. The van der Waals surface area contributed by atoms with E-state index in [-0.39, 0.29) is 5.91 Å². The molecule has 0 aliphatic carbocycles. The van der Waals surface area contributed by atoms with Crippen LogP contribution < -0.4 is 19.7 Å². The molecule has 1 amide bonds. The molecule has 2 aromatic rings. The fraction of sp³-hybridized carbons (Fsp3) is 0.444. The zero-order chi connectivity index (χ0) is 18.5. The monoisotopic (exact) mass is 376 g/mol. The predicted octanol–water partition coefficient (Wildman–Crippen LogP) is 2.23. The van der Waals surface area contributed by atoms with Gasteiger partial charge in [-0.2, -0.15) is 0 Å². The molecule has 3 rings (SSSR count). The number of rotatable bonds is 6. The van der Waals surface area contributed by atoms with Gasteiger partial charge in [0.25, 0.3) is 0 Å². The lowest BCUT2D eigenvalue weighted by atomic mass is 10.2. The number of methoxy groups -OCH3 is 2. The Labute approximate surface area is 157 Å². The zero-order valence-corrected chi connectivity index (χ0v) is 16.1. The fourth-order valence-electron chi connectivity index (χ4n) is 2.90. The number of hydrogen-bond donors (Lipinski definition) is 1. The molecule has 8 heteroatoms. The highest BCUT2D eigenvalue weighted by molar-refractivity contribution is 7.13. The van der Waals surface area contributed by atoms with Gasteiger partial charge in [-0.3, -0.25) is 9.69 Å². The highest BCUT2D eigenvalue weighted by Crippen LogP contribution is 2.29. The van der Waals surface area contributed by atoms with Gasteiger partial charge in [0.1, 0.15) is 0 Å². The molecule has 1 aliphatic heterocycles. The van der Waals surface area contributed by atoms with E-state index in [1.165, 1.54) is 0 Å². The minimum absolute atomic E-state index is 0.0317. The Kier molecular flexibility index (Phi) is 5.95. The van der Waals surface area contributed by atoms with Gasteiger partial charge < -0.3 is 19.7 Å². The molecule has 0 bridgehead atoms. The Morgan fingerprint density at radius 2 is 1.92 bits per heavy atom. The molecule has 0 saturated carbocycles. The quantitative estimate of drug-likeness (QED) is 0.834. The Morgan fingerprint density at radius 1 is 1.19 bits per heavy atom. The third-order valence-corrected chi connectivity index (χ3v) is 5.30. The van der Waals surface area contributed by atoms with Crippen molar-refractivity contribution in [2.45, 2.75) is 6.92 Å². The van der Waals surface area contributed by atoms with Crippen molar-refractivity contribution in [2.24, 2.45) is 0 Å². The van der Waals surface area contributed by atoms with E-state index in [4.69, 9.17) is 9.47 Å². The highest BCUT2D eigenvalue weighted by atomic mass is 32.1. The number of thiazole rings is 1. The summed E-state index contributed by atoms with van der Waals surface area (Å²) < 4.78 is 10.5. The van der Waals surface area contributed by atoms with E-state index < -0.39 is 0 Å². The number of amides is 1. The summed E-state index contributed by atoms with van der Waals surface area (Å²) >= 11 is 1.67. The molecular formula is C18H24N4O3S. The average molecular weight is 376 g/mol. The summed E-state index contributed by atoms with van der Waals surface area (Å²) in [5.74, 6) is 1.20. The lowest BCUT2D eigenvalue weighted by molar-refractivity contribution is -0.117. The van der Waals surface area contributed by atoms with Crippen molar-refractivity contribution in [2.75, 3.05) is 57.2 Å². The number of nitrogens with one attached hydrogen (secondary N) is 1. The summed E-state index contributed by atoms with van der Waals surface area (Å²) in [5.41, 5.74) is 1.76. The first-order valence-corrected chi connectivity index (χ1v) is 9.38. The van der Waals surface area contributed by atoms with Crippen LogP contribution in [0.2, 0.25) is 0 Å². The number of nitrogens with zero attached hydrogens (tertiary/aromatic N) is 3. The number of anilines is 2. The molecule has 140 valence electrons. The number of piperazine rings is 1.